The summed E-state index contributed by atoms with van der Waals surface area (Å²) in [4.78, 5) is 0. The minimum absolute atomic E-state index is 0.158. The second-order valence-corrected chi connectivity index (χ2v) is 12.6. The van der Waals surface area contributed by atoms with Gasteiger partial charge in [-0.05, 0) is 0 Å². The molecule has 0 aliphatic carbocycles. The predicted molar refractivity (Wildman–Crippen MR) is 48.3 cm³/mol. The average molecular weight is 304 g/mol. The summed E-state index contributed by atoms with van der Waals surface area (Å²) in [5.74, 6) is 0. The number of hydrogen-bond acceptors (Lipinski definition) is 5. The molecule has 1 rings (SSSR count). The van der Waals surface area contributed by atoms with Crippen molar-refractivity contribution < 1.29 is 39.5 Å². The molecule has 96 valence electrons. The molecule has 0 saturated carbocycles. The fourth-order valence-corrected chi connectivity index (χ4v) is 1.70. The Morgan fingerprint density at radius 2 is 1.53 bits per heavy atom. The van der Waals surface area contributed by atoms with E-state index in [1.807, 2.05) is 4.10 Å². The molecule has 3 N–H and O–H groups in total. The Kier molecular flexibility index (Phi) is 2.58. The maximum absolute atomic E-state index is 11.1. The van der Waals surface area contributed by atoms with E-state index in [1.54, 1.807) is 6.07 Å². The Balaban J connectivity index is 3.44. The second-order valence-electron chi connectivity index (χ2n) is 3.06. The number of hydrogen-bond donors (Lipinski definition) is 3. The van der Waals surface area contributed by atoms with Crippen molar-refractivity contribution in [2.75, 3.05) is 0 Å². The molecular formula is C6H8CrN2O7S. The van der Waals surface area contributed by atoms with Gasteiger partial charge in [0, 0.05) is 0 Å². The summed E-state index contributed by atoms with van der Waals surface area (Å²) in [7, 11) is -15.4. The van der Waals surface area contributed by atoms with Crippen LogP contribution in [0.4, 0.5) is 5.69 Å². The first-order valence-electron chi connectivity index (χ1n) is 3.90. The molecule has 9 nitrogen and oxygen atoms in total. The Labute approximate surface area is 93.4 Å². The van der Waals surface area contributed by atoms with Crippen LogP contribution < -0.4 is 0 Å². The van der Waals surface area contributed by atoms with E-state index in [0.29, 0.717) is 0 Å². The molecule has 0 spiro atoms. The molecule has 0 radical (unpaired) electrons. The van der Waals surface area contributed by atoms with Crippen LogP contribution in [0.2, 0.25) is 0 Å². The summed E-state index contributed by atoms with van der Waals surface area (Å²) in [6, 6.07) is 6.81. The van der Waals surface area contributed by atoms with Crippen molar-refractivity contribution in [1.82, 2.24) is 0 Å². The first-order valence-corrected chi connectivity index (χ1v) is 9.58. The summed E-state index contributed by atoms with van der Waals surface area (Å²) >= 11 is 0. The topological polar surface area (TPSA) is 154 Å². The van der Waals surface area contributed by atoms with Crippen molar-refractivity contribution in [2.24, 2.45) is 9.21 Å². The maximum atomic E-state index is 11.1. The van der Waals surface area contributed by atoms with Crippen LogP contribution in [0.5, 0.6) is 0 Å². The molecule has 0 amide bonds. The molecule has 0 atom stereocenters. The zero-order chi connectivity index (χ0) is 13.4. The normalized spacial score (nSPS) is 17.6. The molecule has 17 heavy (non-hydrogen) atoms. The van der Waals surface area contributed by atoms with Crippen LogP contribution in [0.3, 0.4) is 0 Å². The van der Waals surface area contributed by atoms with Crippen LogP contribution in [-0.2, 0) is 26.7 Å². The zero-order valence-electron chi connectivity index (χ0n) is 8.07. The summed E-state index contributed by atoms with van der Waals surface area (Å²) in [6.45, 7) is 0. The third kappa shape index (κ3) is 2.72. The summed E-state index contributed by atoms with van der Waals surface area (Å²) < 4.78 is 70.9. The molecule has 1 aromatic rings. The Morgan fingerprint density at radius 3 is 1.94 bits per heavy atom. The van der Waals surface area contributed by atoms with Gasteiger partial charge in [0.05, 0.1) is 0 Å². The summed E-state index contributed by atoms with van der Waals surface area (Å²) in [5.41, 5.74) is -0.158. The van der Waals surface area contributed by atoms with Gasteiger partial charge < -0.3 is 0 Å². The van der Waals surface area contributed by atoms with E-state index in [4.69, 9.17) is 12.9 Å². The van der Waals surface area contributed by atoms with Gasteiger partial charge in [-0.3, -0.25) is 0 Å². The monoisotopic (exact) mass is 304 g/mol. The van der Waals surface area contributed by atoms with E-state index in [2.05, 4.69) is 5.11 Å². The van der Waals surface area contributed by atoms with Crippen molar-refractivity contribution in [3.05, 3.63) is 30.3 Å². The quantitative estimate of drug-likeness (QED) is 0.533. The summed E-state index contributed by atoms with van der Waals surface area (Å²) in [5, 5.41) is 2.82. The zero-order valence-corrected chi connectivity index (χ0v) is 10.2. The van der Waals surface area contributed by atoms with Crippen molar-refractivity contribution >= 4 is 14.2 Å². The second kappa shape index (κ2) is 3.17. The summed E-state index contributed by atoms with van der Waals surface area (Å²) in [6.07, 6.45) is 0. The van der Waals surface area contributed by atoms with Crippen molar-refractivity contribution in [3.63, 3.8) is 0 Å². The molecule has 0 fully saturated rings. The van der Waals surface area contributed by atoms with E-state index < -0.39 is 19.0 Å². The van der Waals surface area contributed by atoms with Gasteiger partial charge in [0.15, 0.2) is 0 Å². The molecule has 0 bridgehead atoms. The van der Waals surface area contributed by atoms with Crippen LogP contribution >= 0.6 is 0 Å². The molecule has 0 heterocycles. The van der Waals surface area contributed by atoms with Gasteiger partial charge in [-0.1, -0.05) is 0 Å². The van der Waals surface area contributed by atoms with E-state index >= 15 is 0 Å². The average Bonchev–Trinajstić information content (AvgIpc) is 2.13. The molecule has 11 heteroatoms. The van der Waals surface area contributed by atoms with Crippen molar-refractivity contribution in [1.29, 1.82) is 0 Å². The molecular weight excluding hydrogens is 296 g/mol. The van der Waals surface area contributed by atoms with Gasteiger partial charge in [-0.25, -0.2) is 0 Å². The SMILES string of the molecule is O=[S](=O)(O)[Cr](=[O])(=[O])([OH])([OH])[N]=Nc1ccccc1. The molecule has 1 aromatic carbocycles. The molecule has 0 saturated heterocycles. The fraction of sp³-hybridized carbons (Fsp3) is 0. The van der Waals surface area contributed by atoms with Crippen LogP contribution in [0.15, 0.2) is 39.5 Å². The van der Waals surface area contributed by atoms with Crippen LogP contribution in [0.25, 0.3) is 0 Å². The number of benzene rings is 1. The molecule has 0 aliphatic heterocycles. The molecule has 0 aromatic heterocycles. The third-order valence-electron chi connectivity index (χ3n) is 1.54. The van der Waals surface area contributed by atoms with Gasteiger partial charge in [0.1, 0.15) is 0 Å². The Hall–Kier alpha value is -1.22. The van der Waals surface area contributed by atoms with Crippen molar-refractivity contribution in [2.45, 2.75) is 0 Å². The van der Waals surface area contributed by atoms with Gasteiger partial charge in [0.25, 0.3) is 0 Å². The molecule has 0 unspecified atom stereocenters. The van der Waals surface area contributed by atoms with E-state index in [1.165, 1.54) is 24.3 Å². The van der Waals surface area contributed by atoms with Gasteiger partial charge in [-0.15, -0.1) is 0 Å². The van der Waals surface area contributed by atoms with Crippen molar-refractivity contribution in [3.8, 4) is 0 Å². The number of nitrogens with zero attached hydrogens (tertiary/aromatic N) is 2. The standard InChI is InChI=1S/C6H5N2.Cr.HO3S.2H2O.2O/c7-8-6-4-2-1-3-5-6;;1-4(2)3;;;;/h1-5H;;(H,1,2,3);2*1H2;;/q-1;+3;;;;;/p-2. The first kappa shape index (κ1) is 13.8. The predicted octanol–water partition coefficient (Wildman–Crippen LogP) is 0.219. The van der Waals surface area contributed by atoms with Crippen LogP contribution in [-0.4, -0.2) is 21.3 Å². The Bertz CT molecular complexity index is 729. The fourth-order valence-electron chi connectivity index (χ4n) is 0.670. The van der Waals surface area contributed by atoms with Gasteiger partial charge in [-0.2, -0.15) is 0 Å². The Morgan fingerprint density at radius 1 is 1.06 bits per heavy atom. The first-order chi connectivity index (χ1) is 7.35. The minimum atomic E-state index is -9.13. The van der Waals surface area contributed by atoms with Gasteiger partial charge in [0.2, 0.25) is 0 Å². The molecule has 0 aliphatic rings. The van der Waals surface area contributed by atoms with E-state index in [9.17, 15) is 16.0 Å². The van der Waals surface area contributed by atoms with E-state index in [-0.39, 0.29) is 5.69 Å². The van der Waals surface area contributed by atoms with Crippen LogP contribution in [0.1, 0.15) is 0 Å². The third-order valence-corrected chi connectivity index (χ3v) is 7.65. The number of rotatable bonds is 3. The van der Waals surface area contributed by atoms with Crippen LogP contribution in [0, 0.1) is 0 Å². The van der Waals surface area contributed by atoms with E-state index in [0.717, 1.165) is 0 Å². The van der Waals surface area contributed by atoms with Gasteiger partial charge >= 0.3 is 93.2 Å².